The summed E-state index contributed by atoms with van der Waals surface area (Å²) in [5.41, 5.74) is 5.21. The Morgan fingerprint density at radius 1 is 1.67 bits per heavy atom. The lowest BCUT2D eigenvalue weighted by Crippen LogP contribution is -1.46. The van der Waals surface area contributed by atoms with E-state index in [1.165, 1.54) is 11.9 Å². The zero-order valence-corrected chi connectivity index (χ0v) is 3.75. The molecule has 1 nitrogen and oxygen atoms in total. The third-order valence-electron chi connectivity index (χ3n) is 0.338. The van der Waals surface area contributed by atoms with Gasteiger partial charge in [-0.2, -0.15) is 4.40 Å². The number of hydrogen-bond donors (Lipinski definition) is 0. The average molecular weight is 95.1 g/mol. The molecule has 0 aromatic heterocycles. The van der Waals surface area contributed by atoms with E-state index in [9.17, 15) is 0 Å². The summed E-state index contributed by atoms with van der Waals surface area (Å²) < 4.78 is 3.61. The van der Waals surface area contributed by atoms with Crippen molar-refractivity contribution in [2.45, 2.75) is 0 Å². The van der Waals surface area contributed by atoms with Crippen LogP contribution in [-0.2, 0) is 0 Å². The first-order valence-corrected chi connectivity index (χ1v) is 2.27. The maximum absolute atomic E-state index is 3.61. The second-order valence-corrected chi connectivity index (χ2v) is 1.32. The van der Waals surface area contributed by atoms with Crippen LogP contribution in [-0.4, -0.2) is 5.87 Å². The quantitative estimate of drug-likeness (QED) is 0.324. The zero-order chi connectivity index (χ0) is 4.24. The number of hydrogen-bond acceptors (Lipinski definition) is 2. The van der Waals surface area contributed by atoms with Crippen LogP contribution >= 0.6 is 11.9 Å². The van der Waals surface area contributed by atoms with Gasteiger partial charge in [0.1, 0.15) is 0 Å². The lowest BCUT2D eigenvalue weighted by molar-refractivity contribution is 2.00. The van der Waals surface area contributed by atoms with Crippen molar-refractivity contribution in [3.63, 3.8) is 0 Å². The molecule has 0 aromatic rings. The summed E-state index contributed by atoms with van der Waals surface area (Å²) in [4.78, 5) is 0. The maximum Gasteiger partial charge on any atom is 0.0564 e. The molecule has 2 heteroatoms. The van der Waals surface area contributed by atoms with Gasteiger partial charge in [0.15, 0.2) is 0 Å². The number of nitrogens with zero attached hydrogens (tertiary/aromatic N) is 1. The average Bonchev–Trinajstić information content (AvgIpc) is 1.72. The largest absolute Gasteiger partial charge is 0.159 e. The van der Waals surface area contributed by atoms with Crippen molar-refractivity contribution in [1.82, 2.24) is 0 Å². The summed E-state index contributed by atoms with van der Waals surface area (Å²) in [7, 11) is 0. The minimum absolute atomic E-state index is 1.31. The van der Waals surface area contributed by atoms with Gasteiger partial charge in [-0.1, -0.05) is 5.73 Å². The van der Waals surface area contributed by atoms with Crippen LogP contribution in [0, 0.1) is 0 Å². The van der Waals surface area contributed by atoms with Gasteiger partial charge in [-0.15, -0.1) is 0 Å². The van der Waals surface area contributed by atoms with Crippen LogP contribution in [0.5, 0.6) is 0 Å². The van der Waals surface area contributed by atoms with Crippen molar-refractivity contribution in [3.05, 3.63) is 16.9 Å². The predicted octanol–water partition coefficient (Wildman–Crippen LogP) is 1.14. The molecule has 28 valence electrons. The molecule has 0 saturated carbocycles. The minimum Gasteiger partial charge on any atom is -0.159 e. The van der Waals surface area contributed by atoms with Crippen LogP contribution in [0.1, 0.15) is 0 Å². The molecule has 0 atom stereocenters. The van der Waals surface area contributed by atoms with Crippen LogP contribution in [0.2, 0.25) is 0 Å². The van der Waals surface area contributed by atoms with E-state index in [4.69, 9.17) is 0 Å². The summed E-state index contributed by atoms with van der Waals surface area (Å²) in [5, 5.41) is 1.72. The van der Waals surface area contributed by atoms with Crippen molar-refractivity contribution in [1.29, 1.82) is 0 Å². The molecular weight excluding hydrogens is 94.1 g/mol. The Kier molecular flexibility index (Phi) is 1.01. The lowest BCUT2D eigenvalue weighted by atomic mass is 10.8. The molecule has 1 aliphatic rings. The smallest absolute Gasteiger partial charge is 0.0564 e. The van der Waals surface area contributed by atoms with Gasteiger partial charge in [-0.25, -0.2) is 0 Å². The fraction of sp³-hybridized carbons (Fsp3) is 0. The van der Waals surface area contributed by atoms with E-state index in [1.54, 1.807) is 5.41 Å². The molecule has 0 bridgehead atoms. The van der Waals surface area contributed by atoms with E-state index in [-0.39, 0.29) is 0 Å². The van der Waals surface area contributed by atoms with Crippen molar-refractivity contribution in [2.24, 2.45) is 4.40 Å². The highest BCUT2D eigenvalue weighted by atomic mass is 32.2. The van der Waals surface area contributed by atoms with Crippen LogP contribution < -0.4 is 0 Å². The molecule has 0 unspecified atom stereocenters. The fourth-order valence-electron chi connectivity index (χ4n) is 0.164. The second-order valence-electron chi connectivity index (χ2n) is 0.696. The predicted molar refractivity (Wildman–Crippen MR) is 26.6 cm³/mol. The van der Waals surface area contributed by atoms with E-state index in [0.29, 0.717) is 0 Å². The summed E-state index contributed by atoms with van der Waals surface area (Å²) in [6.07, 6.45) is 0. The minimum atomic E-state index is 1.31. The highest BCUT2D eigenvalue weighted by Gasteiger charge is 1.66. The van der Waals surface area contributed by atoms with Crippen LogP contribution in [0.4, 0.5) is 0 Å². The van der Waals surface area contributed by atoms with Crippen molar-refractivity contribution in [3.8, 4) is 0 Å². The van der Waals surface area contributed by atoms with Gasteiger partial charge in [-0.3, -0.25) is 0 Å². The first kappa shape index (κ1) is 3.55. The first-order valence-electron chi connectivity index (χ1n) is 1.43. The van der Waals surface area contributed by atoms with Gasteiger partial charge in [-0.05, 0) is 0 Å². The van der Waals surface area contributed by atoms with Gasteiger partial charge in [0.2, 0.25) is 0 Å². The van der Waals surface area contributed by atoms with Gasteiger partial charge in [0.25, 0.3) is 0 Å². The Bertz CT molecular complexity index is 148. The first-order chi connectivity index (χ1) is 3.00. The molecule has 0 saturated heterocycles. The standard InChI is InChI=1S/C4HNS/c1-2-4-6-5-3-1/h4H. The zero-order valence-electron chi connectivity index (χ0n) is 2.93. The molecule has 0 spiro atoms. The highest BCUT2D eigenvalue weighted by Crippen LogP contribution is 2.00. The lowest BCUT2D eigenvalue weighted by Gasteiger charge is -1.69. The molecule has 0 aromatic carbocycles. The van der Waals surface area contributed by atoms with E-state index in [2.05, 4.69) is 21.7 Å². The van der Waals surface area contributed by atoms with Crippen molar-refractivity contribution in [2.75, 3.05) is 0 Å². The third kappa shape index (κ3) is 0.651. The normalized spacial score (nSPS) is 13.3. The van der Waals surface area contributed by atoms with Gasteiger partial charge in [0, 0.05) is 23.1 Å². The molecule has 1 heterocycles. The highest BCUT2D eigenvalue weighted by molar-refractivity contribution is 8.01. The second kappa shape index (κ2) is 1.71. The fourth-order valence-corrected chi connectivity index (χ4v) is 0.426. The van der Waals surface area contributed by atoms with E-state index >= 15 is 0 Å². The summed E-state index contributed by atoms with van der Waals surface area (Å²) in [6.45, 7) is 0. The van der Waals surface area contributed by atoms with Crippen molar-refractivity contribution >= 4 is 17.8 Å². The molecule has 0 aliphatic carbocycles. The molecular formula is C4HNS. The summed E-state index contributed by atoms with van der Waals surface area (Å²) >= 11 is 1.31. The van der Waals surface area contributed by atoms with Gasteiger partial charge >= 0.3 is 0 Å². The Labute approximate surface area is 39.9 Å². The summed E-state index contributed by atoms with van der Waals surface area (Å²) in [6, 6.07) is 0. The summed E-state index contributed by atoms with van der Waals surface area (Å²) in [5.74, 6) is 2.48. The van der Waals surface area contributed by atoms with E-state index in [0.717, 1.165) is 0 Å². The van der Waals surface area contributed by atoms with Gasteiger partial charge in [0.05, 0.1) is 5.87 Å². The van der Waals surface area contributed by atoms with Crippen molar-refractivity contribution < 1.29 is 0 Å². The van der Waals surface area contributed by atoms with Gasteiger partial charge < -0.3 is 0 Å². The Morgan fingerprint density at radius 2 is 2.67 bits per heavy atom. The number of rotatable bonds is 0. The Hall–Kier alpha value is -0.640. The van der Waals surface area contributed by atoms with E-state index < -0.39 is 0 Å². The maximum atomic E-state index is 3.61. The Balaban J connectivity index is 3.22. The molecule has 1 aliphatic heterocycles. The molecule has 6 heavy (non-hydrogen) atoms. The van der Waals surface area contributed by atoms with Crippen LogP contribution in [0.3, 0.4) is 0 Å². The Morgan fingerprint density at radius 3 is 2.83 bits per heavy atom. The van der Waals surface area contributed by atoms with Crippen LogP contribution in [0.25, 0.3) is 0 Å². The SMILES string of the molecule is C1=C=CSN=C=1. The molecule has 0 radical (unpaired) electrons. The third-order valence-corrected chi connectivity index (χ3v) is 0.758. The molecule has 1 rings (SSSR count). The monoisotopic (exact) mass is 95.0 g/mol. The molecule has 0 N–H and O–H groups in total. The van der Waals surface area contributed by atoms with E-state index in [1.807, 2.05) is 0 Å². The molecule has 0 amide bonds. The topological polar surface area (TPSA) is 12.4 Å². The molecule has 0 fully saturated rings. The van der Waals surface area contributed by atoms with Crippen LogP contribution in [0.15, 0.2) is 21.3 Å².